The lowest BCUT2D eigenvalue weighted by molar-refractivity contribution is -0.116. The quantitative estimate of drug-likeness (QED) is 0.772. The Morgan fingerprint density at radius 2 is 2.00 bits per heavy atom. The van der Waals surface area contributed by atoms with Crippen molar-refractivity contribution in [3.05, 3.63) is 48.0 Å². The number of fused-ring (bicyclic) bond motifs is 1. The summed E-state index contributed by atoms with van der Waals surface area (Å²) in [5, 5.41) is 0. The van der Waals surface area contributed by atoms with Crippen LogP contribution in [0.15, 0.2) is 42.5 Å². The molecule has 0 saturated carbocycles. The second-order valence-corrected chi connectivity index (χ2v) is 5.36. The second kappa shape index (κ2) is 5.00. The highest BCUT2D eigenvalue weighted by atomic mass is 16.2. The maximum absolute atomic E-state index is 12.4. The molecule has 19 heavy (non-hydrogen) atoms. The Hall–Kier alpha value is -1.90. The first-order chi connectivity index (χ1) is 9.24. The number of amides is 1. The lowest BCUT2D eigenvalue weighted by Gasteiger charge is -2.38. The van der Waals surface area contributed by atoms with E-state index in [1.807, 2.05) is 41.3 Å². The van der Waals surface area contributed by atoms with Crippen molar-refractivity contribution >= 4 is 11.7 Å². The smallest absolute Gasteiger partial charge is 0.253 e. The van der Waals surface area contributed by atoms with Crippen molar-refractivity contribution in [2.75, 3.05) is 13.1 Å². The van der Waals surface area contributed by atoms with Gasteiger partial charge in [0.2, 0.25) is 0 Å². The van der Waals surface area contributed by atoms with Crippen LogP contribution in [0.25, 0.3) is 0 Å². The van der Waals surface area contributed by atoms with Crippen molar-refractivity contribution < 1.29 is 9.59 Å². The van der Waals surface area contributed by atoms with Crippen molar-refractivity contribution in [3.63, 3.8) is 0 Å². The highest BCUT2D eigenvalue weighted by Gasteiger charge is 2.33. The van der Waals surface area contributed by atoms with Crippen molar-refractivity contribution in [3.8, 4) is 0 Å². The summed E-state index contributed by atoms with van der Waals surface area (Å²) in [6, 6.07) is 9.40. The van der Waals surface area contributed by atoms with E-state index in [1.54, 1.807) is 6.08 Å². The molecular formula is C16H17NO2. The molecule has 1 aromatic carbocycles. The zero-order valence-corrected chi connectivity index (χ0v) is 10.8. The minimum atomic E-state index is 0.101. The number of rotatable bonds is 1. The Bertz CT molecular complexity index is 521. The van der Waals surface area contributed by atoms with Gasteiger partial charge in [-0.3, -0.25) is 9.59 Å². The molecule has 2 aliphatic rings. The van der Waals surface area contributed by atoms with Crippen LogP contribution in [0.4, 0.5) is 0 Å². The molecule has 2 atom stereocenters. The van der Waals surface area contributed by atoms with Crippen molar-refractivity contribution in [1.29, 1.82) is 0 Å². The van der Waals surface area contributed by atoms with Gasteiger partial charge in [0.05, 0.1) is 0 Å². The van der Waals surface area contributed by atoms with E-state index in [0.29, 0.717) is 18.3 Å². The molecule has 1 aliphatic carbocycles. The third-order valence-corrected chi connectivity index (χ3v) is 4.11. The maximum atomic E-state index is 12.4. The highest BCUT2D eigenvalue weighted by Crippen LogP contribution is 2.31. The van der Waals surface area contributed by atoms with E-state index in [0.717, 1.165) is 25.1 Å². The van der Waals surface area contributed by atoms with Gasteiger partial charge in [0.25, 0.3) is 5.91 Å². The van der Waals surface area contributed by atoms with E-state index in [-0.39, 0.29) is 11.7 Å². The molecule has 98 valence electrons. The molecule has 0 N–H and O–H groups in total. The molecule has 1 saturated heterocycles. The fourth-order valence-corrected chi connectivity index (χ4v) is 3.01. The summed E-state index contributed by atoms with van der Waals surface area (Å²) in [7, 11) is 0. The molecule has 3 heteroatoms. The minimum Gasteiger partial charge on any atom is -0.338 e. The average molecular weight is 255 g/mol. The molecule has 0 radical (unpaired) electrons. The van der Waals surface area contributed by atoms with Crippen LogP contribution in [0.1, 0.15) is 23.2 Å². The van der Waals surface area contributed by atoms with Crippen LogP contribution in [0, 0.1) is 11.8 Å². The maximum Gasteiger partial charge on any atom is 0.253 e. The Morgan fingerprint density at radius 1 is 1.21 bits per heavy atom. The Kier molecular flexibility index (Phi) is 3.20. The molecule has 0 spiro atoms. The molecule has 1 aromatic rings. The van der Waals surface area contributed by atoms with Crippen LogP contribution < -0.4 is 0 Å². The van der Waals surface area contributed by atoms with Gasteiger partial charge in [-0.05, 0) is 36.5 Å². The number of hydrogen-bond donors (Lipinski definition) is 0. The van der Waals surface area contributed by atoms with Gasteiger partial charge in [-0.2, -0.15) is 0 Å². The molecular weight excluding hydrogens is 238 g/mol. The number of ketones is 1. The lowest BCUT2D eigenvalue weighted by Crippen LogP contribution is -2.44. The Balaban J connectivity index is 1.73. The number of carbonyl (C=O) groups excluding carboxylic acids is 2. The van der Waals surface area contributed by atoms with Crippen molar-refractivity contribution in [2.24, 2.45) is 11.8 Å². The molecule has 1 aliphatic heterocycles. The zero-order chi connectivity index (χ0) is 13.2. The van der Waals surface area contributed by atoms with Crippen molar-refractivity contribution in [2.45, 2.75) is 12.8 Å². The summed E-state index contributed by atoms with van der Waals surface area (Å²) in [5.41, 5.74) is 0.747. The molecule has 1 fully saturated rings. The van der Waals surface area contributed by atoms with E-state index in [9.17, 15) is 9.59 Å². The van der Waals surface area contributed by atoms with Gasteiger partial charge < -0.3 is 4.90 Å². The molecule has 3 rings (SSSR count). The van der Waals surface area contributed by atoms with Crippen LogP contribution in [-0.4, -0.2) is 29.7 Å². The lowest BCUT2D eigenvalue weighted by atomic mass is 9.78. The Labute approximate surface area is 112 Å². The second-order valence-electron chi connectivity index (χ2n) is 5.36. The topological polar surface area (TPSA) is 37.4 Å². The SMILES string of the molecule is O=C1C=CC2CN(C(=O)c3ccccc3)CCC2C1. The van der Waals surface area contributed by atoms with Crippen LogP contribution >= 0.6 is 0 Å². The van der Waals surface area contributed by atoms with Gasteiger partial charge in [0.15, 0.2) is 5.78 Å². The summed E-state index contributed by atoms with van der Waals surface area (Å²) in [6.07, 6.45) is 5.24. The van der Waals surface area contributed by atoms with E-state index in [2.05, 4.69) is 0 Å². The van der Waals surface area contributed by atoms with Crippen molar-refractivity contribution in [1.82, 2.24) is 4.90 Å². The number of carbonyl (C=O) groups is 2. The molecule has 1 amide bonds. The van der Waals surface area contributed by atoms with Gasteiger partial charge in [-0.15, -0.1) is 0 Å². The van der Waals surface area contributed by atoms with Crippen LogP contribution in [-0.2, 0) is 4.79 Å². The summed E-state index contributed by atoms with van der Waals surface area (Å²) in [4.78, 5) is 25.7. The van der Waals surface area contributed by atoms with Crippen LogP contribution in [0.5, 0.6) is 0 Å². The number of likely N-dealkylation sites (tertiary alicyclic amines) is 1. The number of benzene rings is 1. The fraction of sp³-hybridized carbons (Fsp3) is 0.375. The first-order valence-corrected chi connectivity index (χ1v) is 6.79. The summed E-state index contributed by atoms with van der Waals surface area (Å²) in [5.74, 6) is 1.10. The monoisotopic (exact) mass is 255 g/mol. The zero-order valence-electron chi connectivity index (χ0n) is 10.8. The number of nitrogens with zero attached hydrogens (tertiary/aromatic N) is 1. The first-order valence-electron chi connectivity index (χ1n) is 6.79. The fourth-order valence-electron chi connectivity index (χ4n) is 3.01. The van der Waals surface area contributed by atoms with Crippen LogP contribution in [0.2, 0.25) is 0 Å². The van der Waals surface area contributed by atoms with E-state index >= 15 is 0 Å². The molecule has 0 aromatic heterocycles. The normalized spacial score (nSPS) is 26.1. The van der Waals surface area contributed by atoms with E-state index in [1.165, 1.54) is 0 Å². The third-order valence-electron chi connectivity index (χ3n) is 4.11. The number of allylic oxidation sites excluding steroid dienone is 1. The average Bonchev–Trinajstić information content (AvgIpc) is 2.47. The molecule has 0 bridgehead atoms. The largest absolute Gasteiger partial charge is 0.338 e. The summed E-state index contributed by atoms with van der Waals surface area (Å²) >= 11 is 0. The summed E-state index contributed by atoms with van der Waals surface area (Å²) in [6.45, 7) is 1.50. The molecule has 2 unspecified atom stereocenters. The van der Waals surface area contributed by atoms with Gasteiger partial charge in [0.1, 0.15) is 0 Å². The molecule has 1 heterocycles. The number of piperidine rings is 1. The van der Waals surface area contributed by atoms with E-state index < -0.39 is 0 Å². The minimum absolute atomic E-state index is 0.101. The predicted octanol–water partition coefficient (Wildman–Crippen LogP) is 2.29. The number of hydrogen-bond acceptors (Lipinski definition) is 2. The standard InChI is InChI=1S/C16H17NO2/c18-15-7-6-14-11-17(9-8-13(14)10-15)16(19)12-4-2-1-3-5-12/h1-7,13-14H,8-11H2. The van der Waals surface area contributed by atoms with Gasteiger partial charge in [0, 0.05) is 25.1 Å². The first kappa shape index (κ1) is 12.2. The van der Waals surface area contributed by atoms with Crippen LogP contribution in [0.3, 0.4) is 0 Å². The highest BCUT2D eigenvalue weighted by molar-refractivity contribution is 5.94. The predicted molar refractivity (Wildman–Crippen MR) is 72.7 cm³/mol. The summed E-state index contributed by atoms with van der Waals surface area (Å²) < 4.78 is 0. The molecule has 3 nitrogen and oxygen atoms in total. The Morgan fingerprint density at radius 3 is 2.79 bits per heavy atom. The van der Waals surface area contributed by atoms with E-state index in [4.69, 9.17) is 0 Å². The third kappa shape index (κ3) is 2.46. The van der Waals surface area contributed by atoms with Gasteiger partial charge in [-0.1, -0.05) is 24.3 Å². The van der Waals surface area contributed by atoms with Gasteiger partial charge >= 0.3 is 0 Å². The van der Waals surface area contributed by atoms with Gasteiger partial charge in [-0.25, -0.2) is 0 Å².